The molecule has 0 aliphatic carbocycles. The van der Waals surface area contributed by atoms with E-state index in [0.29, 0.717) is 31.1 Å². The Bertz CT molecular complexity index is 967. The molecule has 0 N–H and O–H groups in total. The van der Waals surface area contributed by atoms with Crippen LogP contribution in [0.3, 0.4) is 0 Å². The van der Waals surface area contributed by atoms with Gasteiger partial charge in [-0.2, -0.15) is 0 Å². The van der Waals surface area contributed by atoms with Gasteiger partial charge in [-0.05, 0) is 72.3 Å². The Morgan fingerprint density at radius 1 is 0.944 bits per heavy atom. The predicted octanol–water partition coefficient (Wildman–Crippen LogP) is 5.66. The Kier molecular flexibility index (Phi) is 9.31. The molecule has 198 valence electrons. The molecular weight excluding hydrogens is 501 g/mol. The Hall–Kier alpha value is -0.853. The van der Waals surface area contributed by atoms with Gasteiger partial charge in [0.2, 0.25) is 0 Å². The van der Waals surface area contributed by atoms with Gasteiger partial charge in [-0.15, -0.1) is 0 Å². The van der Waals surface area contributed by atoms with Crippen molar-refractivity contribution in [3.63, 3.8) is 0 Å². The molecule has 3 aliphatic rings. The molecule has 3 saturated heterocycles. The Morgan fingerprint density at radius 3 is 1.94 bits per heavy atom. The van der Waals surface area contributed by atoms with Gasteiger partial charge in [-0.3, -0.25) is 4.90 Å². The summed E-state index contributed by atoms with van der Waals surface area (Å²) in [7, 11) is -2.52. The van der Waals surface area contributed by atoms with Crippen LogP contribution in [0.5, 0.6) is 0 Å². The molecule has 0 radical (unpaired) electrons. The van der Waals surface area contributed by atoms with E-state index in [0.717, 1.165) is 25.9 Å². The molecule has 0 spiro atoms. The van der Waals surface area contributed by atoms with E-state index >= 15 is 0 Å². The minimum Gasteiger partial charge on any atom is -0.406 e. The third kappa shape index (κ3) is 5.91. The summed E-state index contributed by atoms with van der Waals surface area (Å²) in [6.45, 7) is 13.2. The summed E-state index contributed by atoms with van der Waals surface area (Å²) in [6.07, 6.45) is 3.32. The van der Waals surface area contributed by atoms with Crippen molar-refractivity contribution >= 4 is 37.0 Å². The average Bonchev–Trinajstić information content (AvgIpc) is 2.86. The van der Waals surface area contributed by atoms with E-state index in [9.17, 15) is 0 Å². The topological polar surface area (TPSA) is 30.9 Å². The van der Waals surface area contributed by atoms with Crippen LogP contribution in [-0.2, 0) is 25.3 Å². The van der Waals surface area contributed by atoms with Gasteiger partial charge in [0, 0.05) is 18.7 Å². The normalized spacial score (nSPS) is 24.7. The molecule has 0 amide bonds. The van der Waals surface area contributed by atoms with Crippen molar-refractivity contribution in [3.8, 4) is 0 Å². The molecular formula is C29H44NO3PSSi. The molecule has 2 aromatic rings. The quantitative estimate of drug-likeness (QED) is 0.269. The maximum Gasteiger partial charge on any atom is 0.261 e. The smallest absolute Gasteiger partial charge is 0.261 e. The van der Waals surface area contributed by atoms with Crippen LogP contribution in [0.1, 0.15) is 47.5 Å². The van der Waals surface area contributed by atoms with Crippen LogP contribution in [0.25, 0.3) is 0 Å². The summed E-state index contributed by atoms with van der Waals surface area (Å²) in [6, 6.07) is 22.4. The first kappa shape index (κ1) is 28.2. The highest BCUT2D eigenvalue weighted by Gasteiger charge is 2.51. The first-order chi connectivity index (χ1) is 17.2. The molecule has 2 bridgehead atoms. The number of nitrogens with zero attached hydrogens (tertiary/aromatic N) is 1. The monoisotopic (exact) mass is 545 g/mol. The highest BCUT2D eigenvalue weighted by atomic mass is 32.5. The Labute approximate surface area is 225 Å². The summed E-state index contributed by atoms with van der Waals surface area (Å²) in [5.41, 5.74) is 0. The van der Waals surface area contributed by atoms with Gasteiger partial charge in [-0.1, -0.05) is 81.4 Å². The first-order valence-corrected chi connectivity index (χ1v) is 18.3. The molecule has 7 heteroatoms. The highest BCUT2D eigenvalue weighted by Crippen LogP contribution is 2.53. The lowest BCUT2D eigenvalue weighted by molar-refractivity contribution is -0.0122. The van der Waals surface area contributed by atoms with Crippen molar-refractivity contribution in [2.45, 2.75) is 58.5 Å². The van der Waals surface area contributed by atoms with Crippen molar-refractivity contribution in [2.75, 3.05) is 39.1 Å². The zero-order valence-electron chi connectivity index (χ0n) is 22.7. The van der Waals surface area contributed by atoms with Gasteiger partial charge in [0.05, 0.1) is 19.8 Å². The Morgan fingerprint density at radius 2 is 1.50 bits per heavy atom. The van der Waals surface area contributed by atoms with Gasteiger partial charge >= 0.3 is 0 Å². The molecule has 3 aliphatic heterocycles. The molecule has 3 fully saturated rings. The molecule has 1 unspecified atom stereocenters. The van der Waals surface area contributed by atoms with E-state index in [4.69, 9.17) is 25.3 Å². The number of hydrogen-bond acceptors (Lipinski definition) is 5. The average molecular weight is 546 g/mol. The molecule has 2 aromatic carbocycles. The van der Waals surface area contributed by atoms with Crippen LogP contribution < -0.4 is 10.4 Å². The van der Waals surface area contributed by atoms with Gasteiger partial charge in [0.15, 0.2) is 6.49 Å². The number of hydrogen-bond donors (Lipinski definition) is 0. The fourth-order valence-electron chi connectivity index (χ4n) is 6.44. The van der Waals surface area contributed by atoms with E-state index in [1.165, 1.54) is 23.2 Å². The third-order valence-electron chi connectivity index (χ3n) is 8.03. The molecule has 3 heterocycles. The minimum absolute atomic E-state index is 0.00263. The van der Waals surface area contributed by atoms with Gasteiger partial charge < -0.3 is 13.5 Å². The summed E-state index contributed by atoms with van der Waals surface area (Å²) in [4.78, 5) is 2.67. The zero-order chi connectivity index (χ0) is 25.8. The zero-order valence-corrected chi connectivity index (χ0v) is 25.4. The van der Waals surface area contributed by atoms with Crippen molar-refractivity contribution in [2.24, 2.45) is 11.8 Å². The number of benzene rings is 2. The molecule has 4 nitrogen and oxygen atoms in total. The van der Waals surface area contributed by atoms with Crippen LogP contribution >= 0.6 is 6.49 Å². The molecule has 0 aromatic heterocycles. The summed E-state index contributed by atoms with van der Waals surface area (Å²) >= 11 is 5.90. The maximum atomic E-state index is 7.31. The lowest BCUT2D eigenvalue weighted by atomic mass is 9.76. The van der Waals surface area contributed by atoms with E-state index in [2.05, 4.69) is 86.3 Å². The summed E-state index contributed by atoms with van der Waals surface area (Å²) in [5.74, 6) is 1.23. The standard InChI is InChI=1S/C29H44NO3PSSi/c1-6-31-34(35,32-7-2)23-25-21-30-19-18-24(25)20-26(30)22-33-36(29(3,4)5,27-14-10-8-11-15-27)28-16-12-9-13-17-28/h8-17,24-26H,6-7,18-23H2,1-5H3/t24-,25+,26+/m1/s1. The second-order valence-corrected chi connectivity index (χ2v) is 19.4. The SMILES string of the molecule is CCOP(=S)(C[C@@H]1CN2CC[C@@H]1C[C@H]2CO[Si](c1ccccc1)(c1ccccc1)C(C)(C)C)OCC. The van der Waals surface area contributed by atoms with Crippen LogP contribution in [0.15, 0.2) is 60.7 Å². The first-order valence-electron chi connectivity index (χ1n) is 13.6. The second-order valence-electron chi connectivity index (χ2n) is 11.3. The van der Waals surface area contributed by atoms with Gasteiger partial charge in [-0.25, -0.2) is 0 Å². The van der Waals surface area contributed by atoms with Crippen molar-refractivity contribution in [1.29, 1.82) is 0 Å². The lowest BCUT2D eigenvalue weighted by Gasteiger charge is -2.52. The summed E-state index contributed by atoms with van der Waals surface area (Å²) < 4.78 is 19.3. The van der Waals surface area contributed by atoms with Crippen LogP contribution in [0.2, 0.25) is 5.04 Å². The van der Waals surface area contributed by atoms with Crippen molar-refractivity contribution < 1.29 is 13.5 Å². The van der Waals surface area contributed by atoms with E-state index < -0.39 is 14.8 Å². The number of rotatable bonds is 11. The van der Waals surface area contributed by atoms with Gasteiger partial charge in [0.1, 0.15) is 0 Å². The minimum atomic E-state index is -2.52. The molecule has 0 saturated carbocycles. The lowest BCUT2D eigenvalue weighted by Crippen LogP contribution is -2.68. The van der Waals surface area contributed by atoms with E-state index in [-0.39, 0.29) is 5.04 Å². The highest BCUT2D eigenvalue weighted by molar-refractivity contribution is 8.09. The largest absolute Gasteiger partial charge is 0.406 e. The fourth-order valence-corrected chi connectivity index (χ4v) is 14.3. The second kappa shape index (κ2) is 11.9. The molecule has 5 rings (SSSR count). The van der Waals surface area contributed by atoms with Crippen LogP contribution in [-0.4, -0.2) is 58.3 Å². The number of fused-ring (bicyclic) bond motifs is 3. The van der Waals surface area contributed by atoms with Crippen LogP contribution in [0, 0.1) is 11.8 Å². The number of piperidine rings is 3. The van der Waals surface area contributed by atoms with E-state index in [1.807, 2.05) is 13.8 Å². The molecule has 36 heavy (non-hydrogen) atoms. The third-order valence-corrected chi connectivity index (χ3v) is 16.3. The van der Waals surface area contributed by atoms with E-state index in [1.54, 1.807) is 0 Å². The predicted molar refractivity (Wildman–Crippen MR) is 158 cm³/mol. The maximum absolute atomic E-state index is 7.31. The summed E-state index contributed by atoms with van der Waals surface area (Å²) in [5, 5.41) is 2.71. The molecule has 4 atom stereocenters. The van der Waals surface area contributed by atoms with Crippen LogP contribution in [0.4, 0.5) is 0 Å². The Balaban J connectivity index is 1.55. The van der Waals surface area contributed by atoms with Crippen molar-refractivity contribution in [3.05, 3.63) is 60.7 Å². The van der Waals surface area contributed by atoms with Gasteiger partial charge in [0.25, 0.3) is 8.32 Å². The van der Waals surface area contributed by atoms with Crippen molar-refractivity contribution in [1.82, 2.24) is 4.90 Å². The fraction of sp³-hybridized carbons (Fsp3) is 0.586.